The third-order valence-corrected chi connectivity index (χ3v) is 4.70. The second-order valence-corrected chi connectivity index (χ2v) is 7.00. The normalized spacial score (nSPS) is 14.9. The van der Waals surface area contributed by atoms with Gasteiger partial charge in [-0.1, -0.05) is 30.3 Å². The number of rotatable bonds is 7. The third-order valence-electron chi connectivity index (χ3n) is 3.79. The van der Waals surface area contributed by atoms with Gasteiger partial charge >= 0.3 is 0 Å². The van der Waals surface area contributed by atoms with Gasteiger partial charge in [0.25, 0.3) is 17.1 Å². The van der Waals surface area contributed by atoms with Crippen LogP contribution in [0.25, 0.3) is 6.08 Å². The van der Waals surface area contributed by atoms with Crippen LogP contribution in [-0.2, 0) is 14.4 Å². The van der Waals surface area contributed by atoms with Crippen molar-refractivity contribution in [2.45, 2.75) is 0 Å². The summed E-state index contributed by atoms with van der Waals surface area (Å²) in [6.45, 7) is -0.597. The molecule has 2 aromatic carbocycles. The van der Waals surface area contributed by atoms with E-state index in [0.717, 1.165) is 16.7 Å². The number of carbonyl (C=O) groups excluding carboxylic acids is 4. The first kappa shape index (κ1) is 20.2. The smallest absolute Gasteiger partial charge is 0.294 e. The second kappa shape index (κ2) is 9.07. The van der Waals surface area contributed by atoms with Crippen LogP contribution >= 0.6 is 11.8 Å². The highest BCUT2D eigenvalue weighted by Gasteiger charge is 2.36. The van der Waals surface area contributed by atoms with Gasteiger partial charge in [-0.2, -0.15) is 0 Å². The molecule has 1 fully saturated rings. The number of carbonyl (C=O) groups is 4. The number of imide groups is 1. The largest absolute Gasteiger partial charge is 0.484 e. The first-order valence-corrected chi connectivity index (χ1v) is 9.35. The van der Waals surface area contributed by atoms with E-state index in [-0.39, 0.29) is 18.1 Å². The van der Waals surface area contributed by atoms with Crippen molar-refractivity contribution in [1.82, 2.24) is 4.90 Å². The number of nitrogens with two attached hydrogens (primary N) is 1. The Labute approximate surface area is 170 Å². The van der Waals surface area contributed by atoms with Crippen LogP contribution in [0.15, 0.2) is 59.5 Å². The fourth-order valence-corrected chi connectivity index (χ4v) is 3.31. The Morgan fingerprint density at radius 3 is 2.41 bits per heavy atom. The molecule has 0 aliphatic carbocycles. The van der Waals surface area contributed by atoms with Crippen molar-refractivity contribution in [2.75, 3.05) is 18.5 Å². The zero-order valence-corrected chi connectivity index (χ0v) is 16.0. The minimum Gasteiger partial charge on any atom is -0.484 e. The van der Waals surface area contributed by atoms with E-state index in [0.29, 0.717) is 17.0 Å². The molecule has 2 aromatic rings. The molecule has 9 heteroatoms. The third kappa shape index (κ3) is 5.45. The van der Waals surface area contributed by atoms with E-state index >= 15 is 0 Å². The summed E-state index contributed by atoms with van der Waals surface area (Å²) in [5.41, 5.74) is 6.26. The van der Waals surface area contributed by atoms with Gasteiger partial charge in [0.1, 0.15) is 12.3 Å². The number of primary amides is 1. The van der Waals surface area contributed by atoms with Crippen LogP contribution in [0.5, 0.6) is 5.75 Å². The lowest BCUT2D eigenvalue weighted by Crippen LogP contribution is -2.36. The predicted octanol–water partition coefficient (Wildman–Crippen LogP) is 2.23. The van der Waals surface area contributed by atoms with Gasteiger partial charge in [-0.05, 0) is 47.7 Å². The first-order chi connectivity index (χ1) is 13.9. The highest BCUT2D eigenvalue weighted by molar-refractivity contribution is 8.18. The van der Waals surface area contributed by atoms with Crippen molar-refractivity contribution in [2.24, 2.45) is 5.73 Å². The van der Waals surface area contributed by atoms with Crippen molar-refractivity contribution in [3.63, 3.8) is 0 Å². The molecule has 0 unspecified atom stereocenters. The fraction of sp³-hybridized carbons (Fsp3) is 0.100. The monoisotopic (exact) mass is 411 g/mol. The van der Waals surface area contributed by atoms with Crippen molar-refractivity contribution in [1.29, 1.82) is 0 Å². The number of anilines is 1. The molecule has 148 valence electrons. The van der Waals surface area contributed by atoms with E-state index < -0.39 is 23.0 Å². The molecule has 1 heterocycles. The van der Waals surface area contributed by atoms with Crippen LogP contribution < -0.4 is 15.8 Å². The van der Waals surface area contributed by atoms with Gasteiger partial charge < -0.3 is 15.8 Å². The number of nitrogens with one attached hydrogen (secondary N) is 1. The minimum atomic E-state index is -0.584. The van der Waals surface area contributed by atoms with E-state index in [1.807, 2.05) is 6.07 Å². The molecule has 1 aliphatic rings. The van der Waals surface area contributed by atoms with Crippen molar-refractivity contribution >= 4 is 46.5 Å². The number of ether oxygens (including phenoxy) is 1. The minimum absolute atomic E-state index is 0.216. The van der Waals surface area contributed by atoms with Crippen LogP contribution in [0.3, 0.4) is 0 Å². The summed E-state index contributed by atoms with van der Waals surface area (Å²) in [6.07, 6.45) is 1.55. The molecule has 0 aromatic heterocycles. The molecule has 29 heavy (non-hydrogen) atoms. The Bertz CT molecular complexity index is 973. The summed E-state index contributed by atoms with van der Waals surface area (Å²) in [5.74, 6) is -1.13. The van der Waals surface area contributed by atoms with E-state index in [9.17, 15) is 19.2 Å². The van der Waals surface area contributed by atoms with Crippen molar-refractivity contribution in [3.8, 4) is 5.75 Å². The van der Waals surface area contributed by atoms with Gasteiger partial charge in [-0.25, -0.2) is 0 Å². The fourth-order valence-electron chi connectivity index (χ4n) is 2.47. The maximum atomic E-state index is 12.5. The van der Waals surface area contributed by atoms with Crippen LogP contribution in [0.4, 0.5) is 10.5 Å². The molecule has 3 rings (SSSR count). The van der Waals surface area contributed by atoms with Crippen LogP contribution in [0.2, 0.25) is 0 Å². The van der Waals surface area contributed by atoms with E-state index in [4.69, 9.17) is 10.5 Å². The lowest BCUT2D eigenvalue weighted by atomic mass is 10.2. The zero-order chi connectivity index (χ0) is 20.8. The standard InChI is InChI=1S/C20H17N3O5S/c21-17(24)12-28-15-8-6-13(7-9-15)10-16-19(26)23(20(27)29-16)11-18(25)22-14-4-2-1-3-5-14/h1-10H,11-12H2,(H2,21,24)(H,22,25). The lowest BCUT2D eigenvalue weighted by molar-refractivity contribution is -0.127. The van der Waals surface area contributed by atoms with Crippen molar-refractivity contribution in [3.05, 3.63) is 65.1 Å². The molecular weight excluding hydrogens is 394 g/mol. The van der Waals surface area contributed by atoms with Gasteiger partial charge in [-0.3, -0.25) is 24.1 Å². The molecule has 3 N–H and O–H groups in total. The molecule has 8 nitrogen and oxygen atoms in total. The molecule has 0 radical (unpaired) electrons. The van der Waals surface area contributed by atoms with Gasteiger partial charge in [-0.15, -0.1) is 0 Å². The lowest BCUT2D eigenvalue weighted by Gasteiger charge is -2.12. The summed E-state index contributed by atoms with van der Waals surface area (Å²) in [7, 11) is 0. The Kier molecular flexibility index (Phi) is 6.30. The molecule has 0 saturated carbocycles. The Hall–Kier alpha value is -3.59. The Morgan fingerprint density at radius 1 is 1.07 bits per heavy atom. The SMILES string of the molecule is NC(=O)COc1ccc(C=C2SC(=O)N(CC(=O)Nc3ccccc3)C2=O)cc1. The number of nitrogens with zero attached hydrogens (tertiary/aromatic N) is 1. The highest BCUT2D eigenvalue weighted by atomic mass is 32.2. The number of hydrogen-bond acceptors (Lipinski definition) is 6. The number of amides is 4. The highest BCUT2D eigenvalue weighted by Crippen LogP contribution is 2.32. The Morgan fingerprint density at radius 2 is 1.76 bits per heavy atom. The number of para-hydroxylation sites is 1. The van der Waals surface area contributed by atoms with E-state index in [1.165, 1.54) is 0 Å². The van der Waals surface area contributed by atoms with E-state index in [1.54, 1.807) is 54.6 Å². The molecule has 0 bridgehead atoms. The summed E-state index contributed by atoms with van der Waals surface area (Å²) in [5, 5.41) is 2.13. The molecule has 0 spiro atoms. The first-order valence-electron chi connectivity index (χ1n) is 8.54. The second-order valence-electron chi connectivity index (χ2n) is 6.01. The molecular formula is C20H17N3O5S. The Balaban J connectivity index is 1.63. The number of hydrogen-bond donors (Lipinski definition) is 2. The quantitative estimate of drug-likeness (QED) is 0.675. The summed E-state index contributed by atoms with van der Waals surface area (Å²) < 4.78 is 5.17. The number of benzene rings is 2. The van der Waals surface area contributed by atoms with Gasteiger partial charge in [0.2, 0.25) is 5.91 Å². The average Bonchev–Trinajstić information content (AvgIpc) is 2.95. The molecule has 0 atom stereocenters. The maximum Gasteiger partial charge on any atom is 0.294 e. The van der Waals surface area contributed by atoms with Gasteiger partial charge in [0.15, 0.2) is 6.61 Å². The topological polar surface area (TPSA) is 119 Å². The summed E-state index contributed by atoms with van der Waals surface area (Å²) >= 11 is 0.769. The molecule has 1 saturated heterocycles. The maximum absolute atomic E-state index is 12.5. The van der Waals surface area contributed by atoms with Crippen LogP contribution in [0.1, 0.15) is 5.56 Å². The molecule has 4 amide bonds. The summed E-state index contributed by atoms with van der Waals surface area (Å²) in [6, 6.07) is 15.3. The van der Waals surface area contributed by atoms with E-state index in [2.05, 4.69) is 5.32 Å². The number of thioether (sulfide) groups is 1. The van der Waals surface area contributed by atoms with Crippen molar-refractivity contribution < 1.29 is 23.9 Å². The van der Waals surface area contributed by atoms with Crippen LogP contribution in [-0.4, -0.2) is 41.0 Å². The summed E-state index contributed by atoms with van der Waals surface area (Å²) in [4.78, 5) is 48.7. The van der Waals surface area contributed by atoms with Gasteiger partial charge in [0, 0.05) is 5.69 Å². The zero-order valence-electron chi connectivity index (χ0n) is 15.2. The molecule has 1 aliphatic heterocycles. The predicted molar refractivity (Wildman–Crippen MR) is 109 cm³/mol. The van der Waals surface area contributed by atoms with Gasteiger partial charge in [0.05, 0.1) is 4.91 Å². The van der Waals surface area contributed by atoms with Crippen LogP contribution in [0, 0.1) is 0 Å². The average molecular weight is 411 g/mol.